The van der Waals surface area contributed by atoms with Crippen molar-refractivity contribution in [3.8, 4) is 0 Å². The monoisotopic (exact) mass is 366 g/mol. The molecular formula is C22H26N2O3. The fourth-order valence-electron chi connectivity index (χ4n) is 3.79. The summed E-state index contributed by atoms with van der Waals surface area (Å²) in [6, 6.07) is 14.9. The zero-order valence-electron chi connectivity index (χ0n) is 15.6. The van der Waals surface area contributed by atoms with Crippen molar-refractivity contribution >= 4 is 12.0 Å². The Balaban J connectivity index is 1.80. The first-order chi connectivity index (χ1) is 13.1. The molecule has 27 heavy (non-hydrogen) atoms. The molecule has 1 amide bonds. The highest BCUT2D eigenvalue weighted by Crippen LogP contribution is 2.37. The van der Waals surface area contributed by atoms with Gasteiger partial charge in [0.15, 0.2) is 0 Å². The Kier molecular flexibility index (Phi) is 6.40. The predicted octanol–water partition coefficient (Wildman–Crippen LogP) is 3.00. The summed E-state index contributed by atoms with van der Waals surface area (Å²) in [6.07, 6.45) is 5.00. The lowest BCUT2D eigenvalue weighted by Gasteiger charge is -2.29. The fraction of sp³-hybridized carbons (Fsp3) is 0.318. The molecule has 0 spiro atoms. The van der Waals surface area contributed by atoms with Crippen LogP contribution in [0.4, 0.5) is 0 Å². The number of carbonyl (C=O) groups is 1. The molecule has 5 heteroatoms. The lowest BCUT2D eigenvalue weighted by atomic mass is 10.0. The van der Waals surface area contributed by atoms with Crippen molar-refractivity contribution < 1.29 is 15.1 Å². The van der Waals surface area contributed by atoms with Gasteiger partial charge in [-0.25, -0.2) is 5.48 Å². The smallest absolute Gasteiger partial charge is 0.267 e. The number of hydroxylamine groups is 1. The number of hydrogen-bond acceptors (Lipinski definition) is 4. The van der Waals surface area contributed by atoms with Gasteiger partial charge < -0.3 is 5.11 Å². The highest BCUT2D eigenvalue weighted by atomic mass is 16.5. The van der Waals surface area contributed by atoms with Crippen LogP contribution in [0, 0.1) is 6.92 Å². The first-order valence-electron chi connectivity index (χ1n) is 9.26. The van der Waals surface area contributed by atoms with Gasteiger partial charge >= 0.3 is 0 Å². The topological polar surface area (TPSA) is 72.8 Å². The van der Waals surface area contributed by atoms with E-state index in [0.29, 0.717) is 6.54 Å². The van der Waals surface area contributed by atoms with Gasteiger partial charge in [0.05, 0.1) is 6.61 Å². The van der Waals surface area contributed by atoms with Gasteiger partial charge in [0.1, 0.15) is 0 Å². The van der Waals surface area contributed by atoms with Crippen molar-refractivity contribution in [1.29, 1.82) is 0 Å². The zero-order valence-corrected chi connectivity index (χ0v) is 15.6. The number of hydrogen-bond donors (Lipinski definition) is 3. The van der Waals surface area contributed by atoms with Crippen LogP contribution in [0.2, 0.25) is 0 Å². The number of benzene rings is 2. The minimum Gasteiger partial charge on any atom is -0.395 e. The number of amides is 1. The van der Waals surface area contributed by atoms with E-state index in [0.717, 1.165) is 24.9 Å². The Bertz CT molecular complexity index is 832. The summed E-state index contributed by atoms with van der Waals surface area (Å²) in [4.78, 5) is 13.5. The number of fused-ring (bicyclic) bond motifs is 1. The van der Waals surface area contributed by atoms with Crippen LogP contribution in [0.1, 0.15) is 40.3 Å². The summed E-state index contributed by atoms with van der Waals surface area (Å²) in [5.41, 5.74) is 7.65. The summed E-state index contributed by atoms with van der Waals surface area (Å²) < 4.78 is 0. The molecule has 0 aromatic heterocycles. The summed E-state index contributed by atoms with van der Waals surface area (Å²) in [5, 5.41) is 18.2. The minimum absolute atomic E-state index is 0.134. The third-order valence-corrected chi connectivity index (χ3v) is 5.21. The van der Waals surface area contributed by atoms with Crippen LogP contribution in [0.15, 0.2) is 48.5 Å². The van der Waals surface area contributed by atoms with Crippen molar-refractivity contribution in [2.45, 2.75) is 32.4 Å². The van der Waals surface area contributed by atoms with Gasteiger partial charge in [-0.1, -0.05) is 42.5 Å². The van der Waals surface area contributed by atoms with Crippen molar-refractivity contribution in [2.75, 3.05) is 13.2 Å². The molecule has 3 rings (SSSR count). The molecule has 0 aliphatic heterocycles. The molecule has 0 saturated heterocycles. The summed E-state index contributed by atoms with van der Waals surface area (Å²) in [7, 11) is 0. The SMILES string of the molecule is Cc1ccccc1CN(CCO)C1CCc2cc(/C=C/C(=O)NO)ccc21. The Hall–Kier alpha value is -2.47. The minimum atomic E-state index is -0.541. The van der Waals surface area contributed by atoms with E-state index < -0.39 is 5.91 Å². The van der Waals surface area contributed by atoms with Crippen molar-refractivity contribution in [3.63, 3.8) is 0 Å². The van der Waals surface area contributed by atoms with Crippen LogP contribution in [-0.2, 0) is 17.8 Å². The first kappa shape index (κ1) is 19.3. The van der Waals surface area contributed by atoms with E-state index in [1.54, 1.807) is 11.6 Å². The number of aliphatic hydroxyl groups excluding tert-OH is 1. The number of nitrogens with one attached hydrogen (secondary N) is 1. The molecule has 1 atom stereocenters. The fourth-order valence-corrected chi connectivity index (χ4v) is 3.79. The third kappa shape index (κ3) is 4.63. The Labute approximate surface area is 159 Å². The van der Waals surface area contributed by atoms with Gasteiger partial charge in [-0.15, -0.1) is 0 Å². The van der Waals surface area contributed by atoms with E-state index >= 15 is 0 Å². The molecule has 1 aliphatic rings. The van der Waals surface area contributed by atoms with Gasteiger partial charge in [0.25, 0.3) is 5.91 Å². The van der Waals surface area contributed by atoms with Crippen LogP contribution in [-0.4, -0.2) is 34.3 Å². The maximum atomic E-state index is 11.2. The molecule has 2 aromatic carbocycles. The summed E-state index contributed by atoms with van der Waals surface area (Å²) in [5.74, 6) is -0.541. The highest BCUT2D eigenvalue weighted by molar-refractivity contribution is 5.90. The van der Waals surface area contributed by atoms with E-state index in [4.69, 9.17) is 5.21 Å². The molecule has 1 unspecified atom stereocenters. The molecule has 5 nitrogen and oxygen atoms in total. The Morgan fingerprint density at radius 1 is 1.30 bits per heavy atom. The van der Waals surface area contributed by atoms with Crippen molar-refractivity contribution in [2.24, 2.45) is 0 Å². The molecule has 0 heterocycles. The predicted molar refractivity (Wildman–Crippen MR) is 105 cm³/mol. The molecule has 0 fully saturated rings. The molecule has 142 valence electrons. The Morgan fingerprint density at radius 2 is 2.11 bits per heavy atom. The Morgan fingerprint density at radius 3 is 2.85 bits per heavy atom. The van der Waals surface area contributed by atoms with Crippen LogP contribution in [0.3, 0.4) is 0 Å². The largest absolute Gasteiger partial charge is 0.395 e. The van der Waals surface area contributed by atoms with Crippen molar-refractivity contribution in [3.05, 3.63) is 76.4 Å². The van der Waals surface area contributed by atoms with Crippen LogP contribution >= 0.6 is 0 Å². The maximum Gasteiger partial charge on any atom is 0.267 e. The van der Waals surface area contributed by atoms with Crippen molar-refractivity contribution in [1.82, 2.24) is 10.4 Å². The van der Waals surface area contributed by atoms with Gasteiger partial charge in [-0.3, -0.25) is 14.9 Å². The van der Waals surface area contributed by atoms with E-state index in [9.17, 15) is 9.90 Å². The molecule has 0 bridgehead atoms. The van der Waals surface area contributed by atoms with E-state index in [1.165, 1.54) is 28.3 Å². The van der Waals surface area contributed by atoms with Gasteiger partial charge in [-0.05, 0) is 53.7 Å². The number of nitrogens with zero attached hydrogens (tertiary/aromatic N) is 1. The van der Waals surface area contributed by atoms with Gasteiger partial charge in [0, 0.05) is 25.2 Å². The quantitative estimate of drug-likeness (QED) is 0.400. The van der Waals surface area contributed by atoms with Gasteiger partial charge in [0.2, 0.25) is 0 Å². The second-order valence-corrected chi connectivity index (χ2v) is 6.94. The van der Waals surface area contributed by atoms with E-state index in [2.05, 4.69) is 42.2 Å². The lowest BCUT2D eigenvalue weighted by Crippen LogP contribution is -2.30. The zero-order chi connectivity index (χ0) is 19.2. The normalized spacial score (nSPS) is 16.1. The summed E-state index contributed by atoms with van der Waals surface area (Å²) >= 11 is 0. The van der Waals surface area contributed by atoms with E-state index in [-0.39, 0.29) is 12.6 Å². The van der Waals surface area contributed by atoms with Crippen LogP contribution < -0.4 is 5.48 Å². The molecule has 0 radical (unpaired) electrons. The lowest BCUT2D eigenvalue weighted by molar-refractivity contribution is -0.124. The third-order valence-electron chi connectivity index (χ3n) is 5.21. The highest BCUT2D eigenvalue weighted by Gasteiger charge is 2.28. The second kappa shape index (κ2) is 8.95. The molecule has 3 N–H and O–H groups in total. The molecule has 2 aromatic rings. The van der Waals surface area contributed by atoms with Crippen LogP contribution in [0.5, 0.6) is 0 Å². The number of aryl methyl sites for hydroxylation is 2. The van der Waals surface area contributed by atoms with E-state index in [1.807, 2.05) is 12.1 Å². The standard InChI is InChI=1S/C22H26N2O3/c1-16-4-2-3-5-19(16)15-24(12-13-25)21-10-8-18-14-17(6-9-20(18)21)7-11-22(26)23-27/h2-7,9,11,14,21,25,27H,8,10,12-13,15H2,1H3,(H,23,26)/b11-7+. The van der Waals surface area contributed by atoms with Gasteiger partial charge in [-0.2, -0.15) is 0 Å². The molecular weight excluding hydrogens is 340 g/mol. The summed E-state index contributed by atoms with van der Waals surface area (Å²) in [6.45, 7) is 3.71. The van der Waals surface area contributed by atoms with Crippen LogP contribution in [0.25, 0.3) is 6.08 Å². The maximum absolute atomic E-state index is 11.2. The first-order valence-corrected chi connectivity index (χ1v) is 9.26. The average Bonchev–Trinajstić information content (AvgIpc) is 3.10. The molecule has 1 aliphatic carbocycles. The number of rotatable bonds is 7. The number of aliphatic hydroxyl groups is 1. The average molecular weight is 366 g/mol. The number of carbonyl (C=O) groups excluding carboxylic acids is 1. The molecule has 0 saturated carbocycles. The second-order valence-electron chi connectivity index (χ2n) is 6.94.